The van der Waals surface area contributed by atoms with E-state index in [1.54, 1.807) is 0 Å². The lowest BCUT2D eigenvalue weighted by molar-refractivity contribution is -0.138. The standard InChI is InChI=1S/C39H39N7O4/c1-49-39(48)45-34(22-10-12-50-13-11-22)38(47)46-32-18-25(32)19-33(46)37-42-28-9-6-23-14-20(4-7-26(23)35(28)44-37)2-3-21-5-8-27-30(15-21)43-36(41-27)31-17-24-16-29(24)40-31/h4-9,14-15,22,24-25,29,31-34,40H,10-13,16-19H2,1H3,(H,41,43)(H,42,44)(H,45,48)/t24?,25-,29?,31+,32-,33+,34+/m1/s1. The number of aromatic amines is 2. The number of likely N-dealkylation sites (tertiary alicyclic amines) is 1. The van der Waals surface area contributed by atoms with Crippen molar-refractivity contribution >= 4 is 44.8 Å². The quantitative estimate of drug-likeness (QED) is 0.188. The summed E-state index contributed by atoms with van der Waals surface area (Å²) in [4.78, 5) is 45.6. The van der Waals surface area contributed by atoms with Crippen molar-refractivity contribution in [2.24, 2.45) is 17.8 Å². The Morgan fingerprint density at radius 2 is 1.74 bits per heavy atom. The van der Waals surface area contributed by atoms with Crippen LogP contribution >= 0.6 is 0 Å². The predicted octanol–water partition coefficient (Wildman–Crippen LogP) is 5.23. The van der Waals surface area contributed by atoms with Gasteiger partial charge in [0.05, 0.1) is 41.3 Å². The molecule has 5 aliphatic rings. The van der Waals surface area contributed by atoms with Crippen molar-refractivity contribution in [2.45, 2.75) is 68.7 Å². The lowest BCUT2D eigenvalue weighted by Gasteiger charge is -2.35. The summed E-state index contributed by atoms with van der Waals surface area (Å²) >= 11 is 0. The van der Waals surface area contributed by atoms with E-state index >= 15 is 0 Å². The second-order valence-electron chi connectivity index (χ2n) is 14.8. The highest BCUT2D eigenvalue weighted by atomic mass is 16.5. The fraction of sp³-hybridized carbons (Fsp3) is 0.436. The summed E-state index contributed by atoms with van der Waals surface area (Å²) in [5, 5.41) is 8.64. The van der Waals surface area contributed by atoms with E-state index < -0.39 is 12.1 Å². The largest absolute Gasteiger partial charge is 0.453 e. The Morgan fingerprint density at radius 3 is 2.56 bits per heavy atom. The predicted molar refractivity (Wildman–Crippen MR) is 187 cm³/mol. The van der Waals surface area contributed by atoms with Crippen molar-refractivity contribution in [3.63, 3.8) is 0 Å². The Bertz CT molecular complexity index is 2230. The van der Waals surface area contributed by atoms with Gasteiger partial charge in [0.2, 0.25) is 5.91 Å². The molecule has 50 heavy (non-hydrogen) atoms. The van der Waals surface area contributed by atoms with Gasteiger partial charge in [-0.05, 0) is 98.1 Å². The zero-order valence-corrected chi connectivity index (χ0v) is 27.9. The molecule has 5 aromatic rings. The highest BCUT2D eigenvalue weighted by molar-refractivity contribution is 6.04. The summed E-state index contributed by atoms with van der Waals surface area (Å²) in [7, 11) is 1.33. The van der Waals surface area contributed by atoms with Crippen molar-refractivity contribution < 1.29 is 19.1 Å². The van der Waals surface area contributed by atoms with Crippen LogP contribution in [0.4, 0.5) is 4.79 Å². The summed E-state index contributed by atoms with van der Waals surface area (Å²) < 4.78 is 10.5. The SMILES string of the molecule is COC(=O)N[C@H](C(=O)N1[C@@H]2C[C@@H]2C[C@H]1c1nc2c(ccc3cc(C#Cc4ccc5nc([C@@H]6CC7CC7N6)[nH]c5c4)ccc32)[nH]1)C1CCOCC1. The van der Waals surface area contributed by atoms with Crippen LogP contribution in [0.1, 0.15) is 73.4 Å². The number of H-pyrrole nitrogens is 2. The van der Waals surface area contributed by atoms with Gasteiger partial charge in [-0.2, -0.15) is 0 Å². The summed E-state index contributed by atoms with van der Waals surface area (Å²) in [6, 6.07) is 16.9. The van der Waals surface area contributed by atoms with Crippen LogP contribution in [-0.4, -0.2) is 75.3 Å². The number of nitrogens with zero attached hydrogens (tertiary/aromatic N) is 3. The number of benzene rings is 3. The van der Waals surface area contributed by atoms with E-state index in [0.717, 1.165) is 93.6 Å². The first-order valence-electron chi connectivity index (χ1n) is 17.9. The van der Waals surface area contributed by atoms with E-state index in [-0.39, 0.29) is 23.9 Å². The molecule has 0 radical (unpaired) electrons. The van der Waals surface area contributed by atoms with Gasteiger partial charge in [0.1, 0.15) is 17.7 Å². The average Bonchev–Trinajstić information content (AvgIpc) is 3.75. The monoisotopic (exact) mass is 669 g/mol. The van der Waals surface area contributed by atoms with Gasteiger partial charge in [-0.1, -0.05) is 24.0 Å². The maximum Gasteiger partial charge on any atom is 0.407 e. The normalized spacial score (nSPS) is 27.5. The van der Waals surface area contributed by atoms with Crippen LogP contribution in [0.5, 0.6) is 0 Å². The first-order valence-corrected chi connectivity index (χ1v) is 17.9. The molecule has 2 aliphatic carbocycles. The molecule has 2 aromatic heterocycles. The zero-order chi connectivity index (χ0) is 33.5. The summed E-state index contributed by atoms with van der Waals surface area (Å²) in [6.07, 6.45) is 5.17. The Morgan fingerprint density at radius 1 is 0.920 bits per heavy atom. The molecule has 2 unspecified atom stereocenters. The number of methoxy groups -OCH3 is 1. The van der Waals surface area contributed by atoms with Crippen LogP contribution in [0, 0.1) is 29.6 Å². The molecular formula is C39H39N7O4. The topological polar surface area (TPSA) is 137 Å². The molecule has 4 N–H and O–H groups in total. The first kappa shape index (κ1) is 29.9. The zero-order valence-electron chi connectivity index (χ0n) is 27.9. The van der Waals surface area contributed by atoms with E-state index in [9.17, 15) is 9.59 Å². The number of piperidine rings is 2. The third kappa shape index (κ3) is 5.20. The molecule has 11 heteroatoms. The minimum Gasteiger partial charge on any atom is -0.453 e. The molecule has 0 spiro atoms. The number of ether oxygens (including phenoxy) is 2. The maximum absolute atomic E-state index is 14.2. The number of rotatable bonds is 5. The number of alkyl carbamates (subject to hydrolysis) is 1. The van der Waals surface area contributed by atoms with Crippen LogP contribution in [0.3, 0.4) is 0 Å². The van der Waals surface area contributed by atoms with Crippen molar-refractivity contribution in [1.29, 1.82) is 0 Å². The number of hydrogen-bond acceptors (Lipinski definition) is 7. The van der Waals surface area contributed by atoms with Crippen LogP contribution in [0.25, 0.3) is 32.8 Å². The summed E-state index contributed by atoms with van der Waals surface area (Å²) in [6.45, 7) is 1.16. The minimum atomic E-state index is -0.656. The highest BCUT2D eigenvalue weighted by Gasteiger charge is 2.56. The number of fused-ring (bicyclic) bond motifs is 6. The lowest BCUT2D eigenvalue weighted by Crippen LogP contribution is -2.54. The fourth-order valence-electron chi connectivity index (χ4n) is 8.80. The Labute approximate surface area is 288 Å². The molecular weight excluding hydrogens is 630 g/mol. The van der Waals surface area contributed by atoms with Gasteiger partial charge in [-0.25, -0.2) is 14.8 Å². The van der Waals surface area contributed by atoms with Crippen molar-refractivity contribution in [3.8, 4) is 11.8 Å². The number of nitrogens with one attached hydrogen (secondary N) is 4. The van der Waals surface area contributed by atoms with E-state index in [2.05, 4.69) is 62.8 Å². The van der Waals surface area contributed by atoms with Gasteiger partial charge < -0.3 is 35.0 Å². The molecule has 3 saturated heterocycles. The van der Waals surface area contributed by atoms with Crippen LogP contribution < -0.4 is 10.6 Å². The number of hydrogen-bond donors (Lipinski definition) is 4. The molecule has 2 amide bonds. The molecule has 2 saturated carbocycles. The van der Waals surface area contributed by atoms with Gasteiger partial charge in [0.15, 0.2) is 0 Å². The summed E-state index contributed by atoms with van der Waals surface area (Å²) in [5.41, 5.74) is 5.68. The van der Waals surface area contributed by atoms with Gasteiger partial charge in [0, 0.05) is 41.8 Å². The van der Waals surface area contributed by atoms with Gasteiger partial charge in [0.25, 0.3) is 0 Å². The fourth-order valence-corrected chi connectivity index (χ4v) is 8.80. The number of aromatic nitrogens is 4. The Balaban J connectivity index is 0.905. The summed E-state index contributed by atoms with van der Waals surface area (Å²) in [5.74, 6) is 9.73. The van der Waals surface area contributed by atoms with Gasteiger partial charge in [-0.15, -0.1) is 0 Å². The van der Waals surface area contributed by atoms with E-state index in [4.69, 9.17) is 19.4 Å². The molecule has 7 atom stereocenters. The third-order valence-electron chi connectivity index (χ3n) is 11.7. The highest BCUT2D eigenvalue weighted by Crippen LogP contribution is 2.54. The molecule has 10 rings (SSSR count). The maximum atomic E-state index is 14.2. The van der Waals surface area contributed by atoms with Gasteiger partial charge in [-0.3, -0.25) is 4.79 Å². The van der Waals surface area contributed by atoms with Crippen LogP contribution in [0.15, 0.2) is 48.5 Å². The number of carbonyl (C=O) groups excluding carboxylic acids is 2. The van der Waals surface area contributed by atoms with E-state index in [1.165, 1.54) is 13.5 Å². The first-order chi connectivity index (χ1) is 24.5. The minimum absolute atomic E-state index is 0.00326. The van der Waals surface area contributed by atoms with Crippen molar-refractivity contribution in [1.82, 2.24) is 35.5 Å². The van der Waals surface area contributed by atoms with Crippen molar-refractivity contribution in [3.05, 3.63) is 71.3 Å². The number of imidazole rings is 2. The lowest BCUT2D eigenvalue weighted by atomic mass is 9.90. The molecule has 254 valence electrons. The Kier molecular flexibility index (Phi) is 6.93. The molecule has 0 bridgehead atoms. The molecule has 3 aromatic carbocycles. The smallest absolute Gasteiger partial charge is 0.407 e. The second kappa shape index (κ2) is 11.6. The molecule has 5 fully saturated rings. The second-order valence-corrected chi connectivity index (χ2v) is 14.8. The number of amides is 2. The third-order valence-corrected chi connectivity index (χ3v) is 11.7. The van der Waals surface area contributed by atoms with E-state index in [0.29, 0.717) is 31.2 Å². The molecule has 3 aliphatic heterocycles. The molecule has 5 heterocycles. The Hall–Kier alpha value is -4.92. The van der Waals surface area contributed by atoms with Crippen LogP contribution in [0.2, 0.25) is 0 Å². The van der Waals surface area contributed by atoms with Crippen molar-refractivity contribution in [2.75, 3.05) is 20.3 Å². The molecule has 11 nitrogen and oxygen atoms in total. The van der Waals surface area contributed by atoms with Crippen LogP contribution in [-0.2, 0) is 14.3 Å². The average molecular weight is 670 g/mol. The number of carbonyl (C=O) groups is 2. The van der Waals surface area contributed by atoms with Gasteiger partial charge >= 0.3 is 6.09 Å². The van der Waals surface area contributed by atoms with E-state index in [1.807, 2.05) is 23.1 Å².